The van der Waals surface area contributed by atoms with Crippen molar-refractivity contribution < 1.29 is 13.5 Å². The van der Waals surface area contributed by atoms with Crippen LogP contribution in [0.15, 0.2) is 36.4 Å². The average Bonchev–Trinajstić information content (AvgIpc) is 3.07. The first kappa shape index (κ1) is 18.7. The first-order chi connectivity index (χ1) is 13.5. The van der Waals surface area contributed by atoms with Crippen molar-refractivity contribution in [3.63, 3.8) is 0 Å². The molecule has 0 aromatic heterocycles. The lowest BCUT2D eigenvalue weighted by atomic mass is 9.76. The summed E-state index contributed by atoms with van der Waals surface area (Å²) in [5, 5.41) is 12.4. The van der Waals surface area contributed by atoms with Crippen molar-refractivity contribution in [2.24, 2.45) is 5.41 Å². The molecule has 0 saturated carbocycles. The second-order valence-electron chi connectivity index (χ2n) is 7.77. The molecule has 0 amide bonds. The van der Waals surface area contributed by atoms with Crippen LogP contribution in [-0.4, -0.2) is 26.7 Å². The number of benzene rings is 2. The standard InChI is InChI=1S/C22H23F2N3O/c1-28-21-5-3-15(10-19(21)24)20-12-22(6-8-26-9-7-22)14-27(20)17-4-2-16(13-25)18(23)11-17/h2-5,10-11,20,26H,6-9,12,14H2,1H3. The van der Waals surface area contributed by atoms with E-state index in [1.807, 2.05) is 12.1 Å². The van der Waals surface area contributed by atoms with E-state index < -0.39 is 11.6 Å². The Morgan fingerprint density at radius 2 is 1.93 bits per heavy atom. The molecule has 28 heavy (non-hydrogen) atoms. The van der Waals surface area contributed by atoms with Crippen molar-refractivity contribution in [1.82, 2.24) is 5.32 Å². The Morgan fingerprint density at radius 1 is 1.14 bits per heavy atom. The Balaban J connectivity index is 1.73. The highest BCUT2D eigenvalue weighted by molar-refractivity contribution is 5.54. The number of hydrogen-bond donors (Lipinski definition) is 1. The summed E-state index contributed by atoms with van der Waals surface area (Å²) in [7, 11) is 1.45. The van der Waals surface area contributed by atoms with Gasteiger partial charge in [-0.2, -0.15) is 5.26 Å². The van der Waals surface area contributed by atoms with E-state index >= 15 is 0 Å². The molecule has 6 heteroatoms. The van der Waals surface area contributed by atoms with Gasteiger partial charge in [0, 0.05) is 12.2 Å². The lowest BCUT2D eigenvalue weighted by molar-refractivity contribution is 0.226. The maximum atomic E-state index is 14.4. The molecule has 2 aliphatic rings. The Bertz CT molecular complexity index is 918. The van der Waals surface area contributed by atoms with Crippen molar-refractivity contribution in [3.05, 3.63) is 59.2 Å². The molecule has 2 aromatic rings. The molecule has 0 aliphatic carbocycles. The predicted octanol–water partition coefficient (Wildman–Crippen LogP) is 4.17. The van der Waals surface area contributed by atoms with Gasteiger partial charge in [-0.15, -0.1) is 0 Å². The number of piperidine rings is 1. The molecule has 4 rings (SSSR count). The van der Waals surface area contributed by atoms with Gasteiger partial charge in [0.05, 0.1) is 18.7 Å². The Morgan fingerprint density at radius 3 is 2.57 bits per heavy atom. The molecule has 0 bridgehead atoms. The number of methoxy groups -OCH3 is 1. The zero-order valence-electron chi connectivity index (χ0n) is 15.8. The lowest BCUT2D eigenvalue weighted by Crippen LogP contribution is -2.38. The van der Waals surface area contributed by atoms with Gasteiger partial charge in [0.2, 0.25) is 0 Å². The fraction of sp³-hybridized carbons (Fsp3) is 0.409. The van der Waals surface area contributed by atoms with Gasteiger partial charge in [0.15, 0.2) is 11.6 Å². The maximum absolute atomic E-state index is 14.4. The third kappa shape index (κ3) is 3.31. The molecular weight excluding hydrogens is 360 g/mol. The number of rotatable bonds is 3. The number of halogens is 2. The minimum atomic E-state index is -0.522. The van der Waals surface area contributed by atoms with Crippen LogP contribution in [0.4, 0.5) is 14.5 Å². The van der Waals surface area contributed by atoms with E-state index in [0.29, 0.717) is 0 Å². The zero-order valence-corrected chi connectivity index (χ0v) is 15.8. The SMILES string of the molecule is COc1ccc(C2CC3(CCNCC3)CN2c2ccc(C#N)c(F)c2)cc1F. The van der Waals surface area contributed by atoms with Crippen molar-refractivity contribution in [1.29, 1.82) is 5.26 Å². The number of anilines is 1. The highest BCUT2D eigenvalue weighted by Gasteiger charge is 2.45. The van der Waals surface area contributed by atoms with Crippen LogP contribution >= 0.6 is 0 Å². The largest absolute Gasteiger partial charge is 0.494 e. The van der Waals surface area contributed by atoms with Crippen LogP contribution in [0.2, 0.25) is 0 Å². The number of nitrogens with zero attached hydrogens (tertiary/aromatic N) is 2. The van der Waals surface area contributed by atoms with Gasteiger partial charge in [-0.05, 0) is 73.7 Å². The van der Waals surface area contributed by atoms with Crippen LogP contribution in [0.25, 0.3) is 0 Å². The van der Waals surface area contributed by atoms with Crippen LogP contribution in [0, 0.1) is 28.4 Å². The summed E-state index contributed by atoms with van der Waals surface area (Å²) in [5.74, 6) is -0.697. The summed E-state index contributed by atoms with van der Waals surface area (Å²) >= 11 is 0. The van der Waals surface area contributed by atoms with E-state index in [1.165, 1.54) is 25.3 Å². The summed E-state index contributed by atoms with van der Waals surface area (Å²) in [6, 6.07) is 11.6. The summed E-state index contributed by atoms with van der Waals surface area (Å²) in [4.78, 5) is 2.16. The van der Waals surface area contributed by atoms with Gasteiger partial charge < -0.3 is 15.0 Å². The molecule has 1 atom stereocenters. The van der Waals surface area contributed by atoms with Crippen LogP contribution < -0.4 is 15.0 Å². The van der Waals surface area contributed by atoms with E-state index in [0.717, 1.165) is 50.1 Å². The fourth-order valence-corrected chi connectivity index (χ4v) is 4.61. The second-order valence-corrected chi connectivity index (χ2v) is 7.77. The molecular formula is C22H23F2N3O. The molecule has 2 saturated heterocycles. The third-order valence-electron chi connectivity index (χ3n) is 6.14. The first-order valence-corrected chi connectivity index (χ1v) is 9.56. The van der Waals surface area contributed by atoms with Crippen LogP contribution in [-0.2, 0) is 0 Å². The Kier molecular flexibility index (Phi) is 4.94. The summed E-state index contributed by atoms with van der Waals surface area (Å²) in [6.45, 7) is 2.71. The highest BCUT2D eigenvalue weighted by atomic mass is 19.1. The third-order valence-corrected chi connectivity index (χ3v) is 6.14. The molecule has 2 fully saturated rings. The smallest absolute Gasteiger partial charge is 0.165 e. The molecule has 2 aromatic carbocycles. The van der Waals surface area contributed by atoms with Gasteiger partial charge in [-0.1, -0.05) is 6.07 Å². The molecule has 0 radical (unpaired) electrons. The summed E-state index contributed by atoms with van der Waals surface area (Å²) in [6.07, 6.45) is 2.97. The number of nitriles is 1. The first-order valence-electron chi connectivity index (χ1n) is 9.56. The molecule has 1 unspecified atom stereocenters. The van der Waals surface area contributed by atoms with Crippen molar-refractivity contribution in [3.8, 4) is 11.8 Å². The van der Waals surface area contributed by atoms with E-state index in [2.05, 4.69) is 10.2 Å². The van der Waals surface area contributed by atoms with Crippen LogP contribution in [0.3, 0.4) is 0 Å². The minimum absolute atomic E-state index is 0.0339. The van der Waals surface area contributed by atoms with Gasteiger partial charge in [-0.3, -0.25) is 0 Å². The van der Waals surface area contributed by atoms with Gasteiger partial charge in [0.25, 0.3) is 0 Å². The predicted molar refractivity (Wildman–Crippen MR) is 103 cm³/mol. The molecule has 2 aliphatic heterocycles. The highest BCUT2D eigenvalue weighted by Crippen LogP contribution is 2.50. The van der Waals surface area contributed by atoms with E-state index in [4.69, 9.17) is 10.00 Å². The second kappa shape index (κ2) is 7.40. The number of hydrogen-bond acceptors (Lipinski definition) is 4. The van der Waals surface area contributed by atoms with Gasteiger partial charge in [0.1, 0.15) is 11.9 Å². The molecule has 146 valence electrons. The average molecular weight is 383 g/mol. The topological polar surface area (TPSA) is 48.3 Å². The lowest BCUT2D eigenvalue weighted by Gasteiger charge is -2.34. The monoisotopic (exact) mass is 383 g/mol. The summed E-state index contributed by atoms with van der Waals surface area (Å²) in [5.41, 5.74) is 1.75. The van der Waals surface area contributed by atoms with Crippen molar-refractivity contribution in [2.75, 3.05) is 31.6 Å². The van der Waals surface area contributed by atoms with E-state index in [-0.39, 0.29) is 22.8 Å². The Labute approximate surface area is 163 Å². The van der Waals surface area contributed by atoms with Crippen LogP contribution in [0.5, 0.6) is 5.75 Å². The molecule has 1 N–H and O–H groups in total. The number of ether oxygens (including phenoxy) is 1. The van der Waals surface area contributed by atoms with E-state index in [1.54, 1.807) is 12.1 Å². The van der Waals surface area contributed by atoms with Crippen molar-refractivity contribution in [2.45, 2.75) is 25.3 Å². The normalized spacial score (nSPS) is 20.9. The zero-order chi connectivity index (χ0) is 19.7. The minimum Gasteiger partial charge on any atom is -0.494 e. The molecule has 2 heterocycles. The van der Waals surface area contributed by atoms with Crippen molar-refractivity contribution >= 4 is 5.69 Å². The number of nitrogens with one attached hydrogen (secondary N) is 1. The molecule has 4 nitrogen and oxygen atoms in total. The van der Waals surface area contributed by atoms with Gasteiger partial charge >= 0.3 is 0 Å². The maximum Gasteiger partial charge on any atom is 0.165 e. The summed E-state index contributed by atoms with van der Waals surface area (Å²) < 4.78 is 33.7. The fourth-order valence-electron chi connectivity index (χ4n) is 4.61. The molecule has 1 spiro atoms. The van der Waals surface area contributed by atoms with Gasteiger partial charge in [-0.25, -0.2) is 8.78 Å². The Hall–Kier alpha value is -2.65. The van der Waals surface area contributed by atoms with E-state index in [9.17, 15) is 8.78 Å². The van der Waals surface area contributed by atoms with Crippen LogP contribution in [0.1, 0.15) is 36.4 Å². The quantitative estimate of drug-likeness (QED) is 0.864.